The van der Waals surface area contributed by atoms with Crippen LogP contribution in [0.4, 0.5) is 18.9 Å². The Balaban J connectivity index is 1.54. The Kier molecular flexibility index (Phi) is 10.1. The van der Waals surface area contributed by atoms with E-state index in [1.807, 2.05) is 0 Å². The number of benzene rings is 2. The van der Waals surface area contributed by atoms with Gasteiger partial charge in [-0.1, -0.05) is 34.8 Å². The number of carbonyl (C=O) groups is 3. The van der Waals surface area contributed by atoms with Crippen LogP contribution in [0.25, 0.3) is 0 Å². The number of rotatable bonds is 10. The lowest BCUT2D eigenvalue weighted by Crippen LogP contribution is -2.29. The number of carbonyl (C=O) groups excluding carboxylic acids is 3. The summed E-state index contributed by atoms with van der Waals surface area (Å²) in [6.07, 6.45) is -5.34. The second-order valence-corrected chi connectivity index (χ2v) is 11.3. The van der Waals surface area contributed by atoms with E-state index in [1.54, 1.807) is 18.2 Å². The second kappa shape index (κ2) is 12.5. The average Bonchev–Trinajstić information content (AvgIpc) is 3.38. The minimum absolute atomic E-state index is 0.0658. The quantitative estimate of drug-likeness (QED) is 0.200. The minimum Gasteiger partial charge on any atom is -0.356 e. The Bertz CT molecular complexity index is 1210. The highest BCUT2D eigenvalue weighted by Gasteiger charge is 2.67. The van der Waals surface area contributed by atoms with Crippen LogP contribution in [-0.2, 0) is 9.59 Å². The summed E-state index contributed by atoms with van der Waals surface area (Å²) in [4.78, 5) is 37.1. The van der Waals surface area contributed by atoms with Crippen molar-refractivity contribution in [2.45, 2.75) is 35.7 Å². The zero-order valence-corrected chi connectivity index (χ0v) is 23.2. The van der Waals surface area contributed by atoms with Crippen LogP contribution in [-0.4, -0.2) is 41.3 Å². The predicted octanol–water partition coefficient (Wildman–Crippen LogP) is 6.75. The Morgan fingerprint density at radius 1 is 0.921 bits per heavy atom. The van der Waals surface area contributed by atoms with E-state index in [1.165, 1.54) is 18.2 Å². The fraction of sp³-hybridized carbons (Fsp3) is 0.375. The molecule has 1 aliphatic rings. The third-order valence-electron chi connectivity index (χ3n) is 5.66. The van der Waals surface area contributed by atoms with Gasteiger partial charge in [0.05, 0.1) is 22.9 Å². The van der Waals surface area contributed by atoms with Crippen LogP contribution < -0.4 is 16.0 Å². The lowest BCUT2D eigenvalue weighted by atomic mass is 10.1. The average molecular weight is 634 g/mol. The molecule has 2 unspecified atom stereocenters. The Hall–Kier alpha value is -1.91. The summed E-state index contributed by atoms with van der Waals surface area (Å²) in [5.74, 6) is -2.97. The molecule has 3 amide bonds. The molecule has 1 fully saturated rings. The zero-order chi connectivity index (χ0) is 28.3. The molecule has 0 aliphatic heterocycles. The highest BCUT2D eigenvalue weighted by molar-refractivity contribution is 6.53. The van der Waals surface area contributed by atoms with E-state index < -0.39 is 53.0 Å². The van der Waals surface area contributed by atoms with E-state index in [4.69, 9.17) is 58.0 Å². The molecular weight excluding hydrogens is 613 g/mol. The van der Waals surface area contributed by atoms with Crippen LogP contribution in [0.15, 0.2) is 36.4 Å². The maximum atomic E-state index is 12.9. The van der Waals surface area contributed by atoms with E-state index >= 15 is 0 Å². The van der Waals surface area contributed by atoms with Crippen molar-refractivity contribution in [3.05, 3.63) is 62.6 Å². The topological polar surface area (TPSA) is 87.3 Å². The van der Waals surface area contributed by atoms with Crippen LogP contribution in [0.5, 0.6) is 0 Å². The van der Waals surface area contributed by atoms with Gasteiger partial charge in [0.1, 0.15) is 4.33 Å². The van der Waals surface area contributed by atoms with Crippen molar-refractivity contribution in [1.29, 1.82) is 0 Å². The lowest BCUT2D eigenvalue weighted by molar-refractivity contribution is -0.135. The molecule has 0 spiro atoms. The predicted molar refractivity (Wildman–Crippen MR) is 142 cm³/mol. The van der Waals surface area contributed by atoms with Crippen molar-refractivity contribution in [3.8, 4) is 0 Å². The summed E-state index contributed by atoms with van der Waals surface area (Å²) < 4.78 is 35.0. The lowest BCUT2D eigenvalue weighted by Gasteiger charge is -2.11. The number of hydrogen-bond donors (Lipinski definition) is 3. The van der Waals surface area contributed by atoms with E-state index in [-0.39, 0.29) is 35.7 Å². The Morgan fingerprint density at radius 2 is 1.58 bits per heavy atom. The molecule has 2 atom stereocenters. The van der Waals surface area contributed by atoms with Gasteiger partial charge in [-0.3, -0.25) is 14.4 Å². The fourth-order valence-electron chi connectivity index (χ4n) is 3.80. The molecule has 14 heteroatoms. The SMILES string of the molecule is O=C(CCCNC(=O)c1cc(NC(=O)C2C(c3cc(Cl)cc(Cl)c3)C2(Cl)Cl)ccc1Cl)NCCC(F)(F)F. The van der Waals surface area contributed by atoms with Crippen molar-refractivity contribution in [2.75, 3.05) is 18.4 Å². The normalized spacial score (nSPS) is 18.0. The highest BCUT2D eigenvalue weighted by Crippen LogP contribution is 2.65. The van der Waals surface area contributed by atoms with E-state index in [9.17, 15) is 27.6 Å². The van der Waals surface area contributed by atoms with Gasteiger partial charge in [-0.15, -0.1) is 23.2 Å². The first-order valence-electron chi connectivity index (χ1n) is 11.2. The van der Waals surface area contributed by atoms with Gasteiger partial charge in [-0.25, -0.2) is 0 Å². The van der Waals surface area contributed by atoms with Gasteiger partial charge in [0.25, 0.3) is 5.91 Å². The van der Waals surface area contributed by atoms with Gasteiger partial charge in [0.2, 0.25) is 11.8 Å². The molecule has 0 saturated heterocycles. The van der Waals surface area contributed by atoms with Crippen molar-refractivity contribution < 1.29 is 27.6 Å². The summed E-state index contributed by atoms with van der Waals surface area (Å²) in [7, 11) is 0. The summed E-state index contributed by atoms with van der Waals surface area (Å²) in [6, 6.07) is 9.10. The minimum atomic E-state index is -4.35. The smallest absolute Gasteiger partial charge is 0.356 e. The maximum absolute atomic E-state index is 12.9. The largest absolute Gasteiger partial charge is 0.390 e. The fourth-order valence-corrected chi connectivity index (χ4v) is 5.37. The first kappa shape index (κ1) is 30.6. The van der Waals surface area contributed by atoms with Crippen LogP contribution in [0.3, 0.4) is 0 Å². The molecule has 206 valence electrons. The second-order valence-electron chi connectivity index (χ2n) is 8.59. The standard InChI is InChI=1S/C24H21Cl5F3N3O3/c25-13-8-12(9-14(26)10-13)19-20(24(19,28)29)22(38)35-15-3-4-17(27)16(11-15)21(37)34-6-1-2-18(36)33-7-5-23(30,31)32/h3-4,8-11,19-20H,1-2,5-7H2,(H,33,36)(H,34,37)(H,35,38). The molecule has 0 aromatic heterocycles. The third-order valence-corrected chi connectivity index (χ3v) is 7.36. The Labute approximate surface area is 241 Å². The molecule has 3 N–H and O–H groups in total. The van der Waals surface area contributed by atoms with E-state index in [0.717, 1.165) is 0 Å². The van der Waals surface area contributed by atoms with Gasteiger partial charge in [0.15, 0.2) is 0 Å². The van der Waals surface area contributed by atoms with Crippen molar-refractivity contribution >= 4 is 81.4 Å². The monoisotopic (exact) mass is 631 g/mol. The van der Waals surface area contributed by atoms with E-state index in [0.29, 0.717) is 15.6 Å². The van der Waals surface area contributed by atoms with Crippen LogP contribution in [0, 0.1) is 5.92 Å². The first-order valence-corrected chi connectivity index (χ1v) is 13.1. The van der Waals surface area contributed by atoms with Crippen LogP contribution >= 0.6 is 58.0 Å². The van der Waals surface area contributed by atoms with Gasteiger partial charge >= 0.3 is 6.18 Å². The highest BCUT2D eigenvalue weighted by atomic mass is 35.5. The number of amides is 3. The van der Waals surface area contributed by atoms with Crippen LogP contribution in [0.1, 0.15) is 41.1 Å². The van der Waals surface area contributed by atoms with Gasteiger partial charge in [0, 0.05) is 41.2 Å². The van der Waals surface area contributed by atoms with Crippen LogP contribution in [0.2, 0.25) is 15.1 Å². The molecule has 0 heterocycles. The third kappa shape index (κ3) is 8.29. The Morgan fingerprint density at radius 3 is 2.21 bits per heavy atom. The number of anilines is 1. The molecule has 6 nitrogen and oxygen atoms in total. The number of nitrogens with one attached hydrogen (secondary N) is 3. The molecule has 3 rings (SSSR count). The molecule has 38 heavy (non-hydrogen) atoms. The summed E-state index contributed by atoms with van der Waals surface area (Å²) >= 11 is 31.0. The van der Waals surface area contributed by atoms with Crippen molar-refractivity contribution in [2.24, 2.45) is 5.92 Å². The van der Waals surface area contributed by atoms with Crippen molar-refractivity contribution in [3.63, 3.8) is 0 Å². The summed E-state index contributed by atoms with van der Waals surface area (Å²) in [5, 5.41) is 8.29. The molecular formula is C24H21Cl5F3N3O3. The molecule has 2 aromatic rings. The van der Waals surface area contributed by atoms with Gasteiger partial charge < -0.3 is 16.0 Å². The van der Waals surface area contributed by atoms with Gasteiger partial charge in [-0.05, 0) is 48.4 Å². The molecule has 2 aromatic carbocycles. The summed E-state index contributed by atoms with van der Waals surface area (Å²) in [5.41, 5.74) is 0.946. The zero-order valence-electron chi connectivity index (χ0n) is 19.4. The molecule has 0 radical (unpaired) electrons. The first-order chi connectivity index (χ1) is 17.7. The number of alkyl halides is 5. The van der Waals surface area contributed by atoms with Crippen molar-refractivity contribution in [1.82, 2.24) is 10.6 Å². The molecule has 1 saturated carbocycles. The maximum Gasteiger partial charge on any atom is 0.390 e. The number of halogens is 8. The number of hydrogen-bond acceptors (Lipinski definition) is 3. The molecule has 1 aliphatic carbocycles. The van der Waals surface area contributed by atoms with E-state index in [2.05, 4.69) is 16.0 Å². The molecule has 0 bridgehead atoms. The summed E-state index contributed by atoms with van der Waals surface area (Å²) in [6.45, 7) is -0.433. The van der Waals surface area contributed by atoms with Gasteiger partial charge in [-0.2, -0.15) is 13.2 Å².